The van der Waals surface area contributed by atoms with Crippen molar-refractivity contribution in [3.8, 4) is 0 Å². The summed E-state index contributed by atoms with van der Waals surface area (Å²) in [6.07, 6.45) is 2.15. The van der Waals surface area contributed by atoms with Gasteiger partial charge in [-0.3, -0.25) is 0 Å². The van der Waals surface area contributed by atoms with Crippen molar-refractivity contribution in [3.63, 3.8) is 0 Å². The third kappa shape index (κ3) is 5.01. The summed E-state index contributed by atoms with van der Waals surface area (Å²) in [6, 6.07) is 0.661. The summed E-state index contributed by atoms with van der Waals surface area (Å²) in [7, 11) is 2.17. The molecule has 0 saturated heterocycles. The zero-order valence-electron chi connectivity index (χ0n) is 8.71. The standard InChI is InChI=1S/C9H22N2S/c1-8(5-10)6-11(3)9(2)7-12-4/h8-9H,5-7,10H2,1-4H3. The third-order valence-corrected chi connectivity index (χ3v) is 2.98. The Bertz CT molecular complexity index is 109. The summed E-state index contributed by atoms with van der Waals surface area (Å²) in [4.78, 5) is 2.38. The van der Waals surface area contributed by atoms with E-state index in [9.17, 15) is 0 Å². The van der Waals surface area contributed by atoms with Crippen LogP contribution in [-0.4, -0.2) is 43.1 Å². The molecule has 0 aromatic carbocycles. The molecule has 0 saturated carbocycles. The zero-order valence-corrected chi connectivity index (χ0v) is 9.53. The molecular formula is C9H22N2S. The highest BCUT2D eigenvalue weighted by molar-refractivity contribution is 7.98. The van der Waals surface area contributed by atoms with Crippen LogP contribution >= 0.6 is 11.8 Å². The van der Waals surface area contributed by atoms with E-state index in [0.29, 0.717) is 12.0 Å². The van der Waals surface area contributed by atoms with E-state index in [2.05, 4.69) is 32.1 Å². The lowest BCUT2D eigenvalue weighted by atomic mass is 10.1. The second kappa shape index (κ2) is 6.75. The van der Waals surface area contributed by atoms with Gasteiger partial charge in [0, 0.05) is 18.3 Å². The molecule has 0 aromatic rings. The second-order valence-corrected chi connectivity index (χ2v) is 4.50. The van der Waals surface area contributed by atoms with Crippen molar-refractivity contribution >= 4 is 11.8 Å². The molecule has 12 heavy (non-hydrogen) atoms. The van der Waals surface area contributed by atoms with Gasteiger partial charge < -0.3 is 10.6 Å². The number of hydrogen-bond donors (Lipinski definition) is 1. The maximum absolute atomic E-state index is 5.56. The molecule has 0 aliphatic carbocycles. The molecular weight excluding hydrogens is 168 g/mol. The van der Waals surface area contributed by atoms with Gasteiger partial charge in [-0.05, 0) is 32.7 Å². The van der Waals surface area contributed by atoms with Crippen LogP contribution in [0.25, 0.3) is 0 Å². The monoisotopic (exact) mass is 190 g/mol. The van der Waals surface area contributed by atoms with Crippen molar-refractivity contribution < 1.29 is 0 Å². The first kappa shape index (κ1) is 12.3. The van der Waals surface area contributed by atoms with Crippen molar-refractivity contribution in [1.29, 1.82) is 0 Å². The SMILES string of the molecule is CSCC(C)N(C)CC(C)CN. The highest BCUT2D eigenvalue weighted by Crippen LogP contribution is 2.05. The topological polar surface area (TPSA) is 29.3 Å². The number of nitrogens with two attached hydrogens (primary N) is 1. The minimum absolute atomic E-state index is 0.610. The van der Waals surface area contributed by atoms with Crippen LogP contribution in [0.2, 0.25) is 0 Å². The Morgan fingerprint density at radius 3 is 2.42 bits per heavy atom. The molecule has 0 heterocycles. The van der Waals surface area contributed by atoms with Crippen LogP contribution in [0.1, 0.15) is 13.8 Å². The lowest BCUT2D eigenvalue weighted by molar-refractivity contribution is 0.243. The maximum atomic E-state index is 5.56. The molecule has 2 unspecified atom stereocenters. The number of nitrogens with zero attached hydrogens (tertiary/aromatic N) is 1. The summed E-state index contributed by atoms with van der Waals surface area (Å²) in [6.45, 7) is 6.36. The average molecular weight is 190 g/mol. The third-order valence-electron chi connectivity index (χ3n) is 2.16. The van der Waals surface area contributed by atoms with E-state index < -0.39 is 0 Å². The van der Waals surface area contributed by atoms with Gasteiger partial charge in [-0.2, -0.15) is 11.8 Å². The molecule has 0 rings (SSSR count). The normalized spacial score (nSPS) is 16.5. The van der Waals surface area contributed by atoms with Crippen molar-refractivity contribution in [3.05, 3.63) is 0 Å². The quantitative estimate of drug-likeness (QED) is 0.684. The van der Waals surface area contributed by atoms with Gasteiger partial charge in [-0.1, -0.05) is 6.92 Å². The van der Waals surface area contributed by atoms with E-state index in [0.717, 1.165) is 13.1 Å². The molecule has 0 radical (unpaired) electrons. The lowest BCUT2D eigenvalue weighted by Crippen LogP contribution is -2.36. The fraction of sp³-hybridized carbons (Fsp3) is 1.00. The number of rotatable bonds is 6. The maximum Gasteiger partial charge on any atom is 0.0155 e. The van der Waals surface area contributed by atoms with Crippen molar-refractivity contribution in [1.82, 2.24) is 4.90 Å². The van der Waals surface area contributed by atoms with E-state index in [1.807, 2.05) is 11.8 Å². The molecule has 0 aromatic heterocycles. The number of thioether (sulfide) groups is 1. The van der Waals surface area contributed by atoms with E-state index in [4.69, 9.17) is 5.73 Å². The summed E-state index contributed by atoms with van der Waals surface area (Å²) >= 11 is 1.90. The van der Waals surface area contributed by atoms with Gasteiger partial charge in [0.1, 0.15) is 0 Å². The van der Waals surface area contributed by atoms with Crippen LogP contribution < -0.4 is 5.73 Å². The van der Waals surface area contributed by atoms with Gasteiger partial charge in [0.05, 0.1) is 0 Å². The Morgan fingerprint density at radius 2 is 2.00 bits per heavy atom. The van der Waals surface area contributed by atoms with Crippen LogP contribution in [0.4, 0.5) is 0 Å². The Balaban J connectivity index is 3.62. The Kier molecular flexibility index (Phi) is 6.90. The summed E-state index contributed by atoms with van der Waals surface area (Å²) < 4.78 is 0. The van der Waals surface area contributed by atoms with Gasteiger partial charge in [-0.25, -0.2) is 0 Å². The van der Waals surface area contributed by atoms with Gasteiger partial charge >= 0.3 is 0 Å². The van der Waals surface area contributed by atoms with Gasteiger partial charge in [-0.15, -0.1) is 0 Å². The smallest absolute Gasteiger partial charge is 0.0155 e. The van der Waals surface area contributed by atoms with Crippen LogP contribution in [0.5, 0.6) is 0 Å². The van der Waals surface area contributed by atoms with Crippen LogP contribution in [0.15, 0.2) is 0 Å². The summed E-state index contributed by atoms with van der Waals surface area (Å²) in [5.41, 5.74) is 5.56. The molecule has 0 spiro atoms. The molecule has 2 N–H and O–H groups in total. The molecule has 3 heteroatoms. The van der Waals surface area contributed by atoms with Gasteiger partial charge in [0.15, 0.2) is 0 Å². The molecule has 0 bridgehead atoms. The largest absolute Gasteiger partial charge is 0.330 e. The molecule has 0 fully saturated rings. The molecule has 0 aliphatic heterocycles. The number of hydrogen-bond acceptors (Lipinski definition) is 3. The van der Waals surface area contributed by atoms with Gasteiger partial charge in [0.2, 0.25) is 0 Å². The fourth-order valence-corrected chi connectivity index (χ4v) is 1.85. The van der Waals surface area contributed by atoms with Crippen LogP contribution in [0.3, 0.4) is 0 Å². The second-order valence-electron chi connectivity index (χ2n) is 3.58. The lowest BCUT2D eigenvalue weighted by Gasteiger charge is -2.26. The molecule has 2 atom stereocenters. The van der Waals surface area contributed by atoms with E-state index in [1.54, 1.807) is 0 Å². The molecule has 0 amide bonds. The first-order valence-corrected chi connectivity index (χ1v) is 5.90. The van der Waals surface area contributed by atoms with Crippen molar-refractivity contribution in [2.45, 2.75) is 19.9 Å². The van der Waals surface area contributed by atoms with Crippen LogP contribution in [-0.2, 0) is 0 Å². The van der Waals surface area contributed by atoms with E-state index in [1.165, 1.54) is 5.75 Å². The minimum atomic E-state index is 0.610. The van der Waals surface area contributed by atoms with Crippen molar-refractivity contribution in [2.24, 2.45) is 11.7 Å². The van der Waals surface area contributed by atoms with E-state index >= 15 is 0 Å². The van der Waals surface area contributed by atoms with Crippen molar-refractivity contribution in [2.75, 3.05) is 32.1 Å². The Labute approximate surface area is 80.9 Å². The predicted octanol–water partition coefficient (Wildman–Crippen LogP) is 1.26. The van der Waals surface area contributed by atoms with Crippen LogP contribution in [0, 0.1) is 5.92 Å². The molecule has 0 aliphatic rings. The highest BCUT2D eigenvalue weighted by atomic mass is 32.2. The average Bonchev–Trinajstić information content (AvgIpc) is 2.04. The Morgan fingerprint density at radius 1 is 1.42 bits per heavy atom. The first-order valence-electron chi connectivity index (χ1n) is 4.51. The molecule has 2 nitrogen and oxygen atoms in total. The first-order chi connectivity index (χ1) is 5.61. The van der Waals surface area contributed by atoms with E-state index in [-0.39, 0.29) is 0 Å². The fourth-order valence-electron chi connectivity index (χ4n) is 1.11. The summed E-state index contributed by atoms with van der Waals surface area (Å²) in [5.74, 6) is 1.81. The minimum Gasteiger partial charge on any atom is -0.330 e. The Hall–Kier alpha value is 0.270. The highest BCUT2D eigenvalue weighted by Gasteiger charge is 2.10. The zero-order chi connectivity index (χ0) is 9.56. The van der Waals surface area contributed by atoms with Gasteiger partial charge in [0.25, 0.3) is 0 Å². The predicted molar refractivity (Wildman–Crippen MR) is 58.7 cm³/mol. The summed E-state index contributed by atoms with van der Waals surface area (Å²) in [5, 5.41) is 0. The molecule has 74 valence electrons.